The molecular formula is C13H14N2OS. The number of ether oxygens (including phenoxy) is 1. The van der Waals surface area contributed by atoms with Crippen LogP contribution in [-0.2, 0) is 6.54 Å². The molecule has 1 unspecified atom stereocenters. The summed E-state index contributed by atoms with van der Waals surface area (Å²) in [7, 11) is 0. The second kappa shape index (κ2) is 4.47. The second-order valence-corrected chi connectivity index (χ2v) is 5.08. The smallest absolute Gasteiger partial charge is 0.124 e. The third-order valence-corrected chi connectivity index (χ3v) is 3.99. The standard InChI is InChI=1S/C13H14N2OS/c1-9-13(17-8-15-9)6-14-11-7-16-12-5-3-2-4-10(11)12/h2-5,8,11,14H,6-7H2,1H3. The van der Waals surface area contributed by atoms with Crippen LogP contribution in [0.4, 0.5) is 0 Å². The van der Waals surface area contributed by atoms with E-state index in [9.17, 15) is 0 Å². The quantitative estimate of drug-likeness (QED) is 0.904. The minimum Gasteiger partial charge on any atom is -0.491 e. The number of hydrogen-bond acceptors (Lipinski definition) is 4. The maximum atomic E-state index is 5.64. The maximum Gasteiger partial charge on any atom is 0.124 e. The van der Waals surface area contributed by atoms with E-state index in [1.807, 2.05) is 24.6 Å². The second-order valence-electron chi connectivity index (χ2n) is 4.14. The molecule has 1 aromatic heterocycles. The Morgan fingerprint density at radius 3 is 3.18 bits per heavy atom. The van der Waals surface area contributed by atoms with E-state index in [-0.39, 0.29) is 0 Å². The fourth-order valence-corrected chi connectivity index (χ4v) is 2.77. The highest BCUT2D eigenvalue weighted by Crippen LogP contribution is 2.31. The molecule has 1 N–H and O–H groups in total. The molecule has 0 spiro atoms. The summed E-state index contributed by atoms with van der Waals surface area (Å²) in [6.07, 6.45) is 0. The molecule has 3 rings (SSSR count). The Hall–Kier alpha value is -1.39. The van der Waals surface area contributed by atoms with Gasteiger partial charge in [-0.3, -0.25) is 0 Å². The molecule has 0 amide bonds. The molecule has 88 valence electrons. The molecule has 0 saturated carbocycles. The number of rotatable bonds is 3. The largest absolute Gasteiger partial charge is 0.491 e. The van der Waals surface area contributed by atoms with Gasteiger partial charge in [0.05, 0.1) is 17.2 Å². The highest BCUT2D eigenvalue weighted by atomic mass is 32.1. The Balaban J connectivity index is 1.70. The molecule has 0 radical (unpaired) electrons. The Bertz CT molecular complexity index is 524. The van der Waals surface area contributed by atoms with Gasteiger partial charge in [0.25, 0.3) is 0 Å². The van der Waals surface area contributed by atoms with E-state index in [4.69, 9.17) is 4.74 Å². The highest BCUT2D eigenvalue weighted by molar-refractivity contribution is 7.09. The average Bonchev–Trinajstić information content (AvgIpc) is 2.93. The lowest BCUT2D eigenvalue weighted by atomic mass is 10.1. The molecule has 0 fully saturated rings. The summed E-state index contributed by atoms with van der Waals surface area (Å²) in [4.78, 5) is 5.55. The van der Waals surface area contributed by atoms with Gasteiger partial charge < -0.3 is 10.1 Å². The van der Waals surface area contributed by atoms with Gasteiger partial charge in [0, 0.05) is 17.0 Å². The zero-order valence-electron chi connectivity index (χ0n) is 9.64. The Morgan fingerprint density at radius 1 is 1.47 bits per heavy atom. The number of para-hydroxylation sites is 1. The Kier molecular flexibility index (Phi) is 2.82. The molecule has 4 heteroatoms. The van der Waals surface area contributed by atoms with Gasteiger partial charge in [-0.25, -0.2) is 4.98 Å². The topological polar surface area (TPSA) is 34.2 Å². The number of aryl methyl sites for hydroxylation is 1. The number of thiazole rings is 1. The van der Waals surface area contributed by atoms with Gasteiger partial charge in [-0.2, -0.15) is 0 Å². The van der Waals surface area contributed by atoms with E-state index < -0.39 is 0 Å². The molecular weight excluding hydrogens is 232 g/mol. The fourth-order valence-electron chi connectivity index (χ4n) is 2.04. The van der Waals surface area contributed by atoms with Crippen LogP contribution in [0.25, 0.3) is 0 Å². The van der Waals surface area contributed by atoms with Gasteiger partial charge in [0.2, 0.25) is 0 Å². The number of nitrogens with zero attached hydrogens (tertiary/aromatic N) is 1. The summed E-state index contributed by atoms with van der Waals surface area (Å²) < 4.78 is 5.64. The third-order valence-electron chi connectivity index (χ3n) is 3.05. The SMILES string of the molecule is Cc1ncsc1CNC1COc2ccccc21. The molecule has 0 saturated heterocycles. The molecule has 1 atom stereocenters. The van der Waals surface area contributed by atoms with Crippen LogP contribution in [0.5, 0.6) is 5.75 Å². The third kappa shape index (κ3) is 2.06. The Morgan fingerprint density at radius 2 is 2.35 bits per heavy atom. The van der Waals surface area contributed by atoms with Gasteiger partial charge in [-0.15, -0.1) is 11.3 Å². The van der Waals surface area contributed by atoms with Crippen LogP contribution in [0.1, 0.15) is 22.2 Å². The minimum absolute atomic E-state index is 0.299. The van der Waals surface area contributed by atoms with Crippen molar-refractivity contribution in [2.24, 2.45) is 0 Å². The molecule has 0 bridgehead atoms. The van der Waals surface area contributed by atoms with Crippen molar-refractivity contribution in [3.05, 3.63) is 45.9 Å². The van der Waals surface area contributed by atoms with Crippen LogP contribution in [0.2, 0.25) is 0 Å². The van der Waals surface area contributed by atoms with Crippen molar-refractivity contribution < 1.29 is 4.74 Å². The average molecular weight is 246 g/mol. The van der Waals surface area contributed by atoms with Gasteiger partial charge >= 0.3 is 0 Å². The van der Waals surface area contributed by atoms with E-state index >= 15 is 0 Å². The monoisotopic (exact) mass is 246 g/mol. The summed E-state index contributed by atoms with van der Waals surface area (Å²) in [6, 6.07) is 8.51. The van der Waals surface area contributed by atoms with Crippen LogP contribution in [-0.4, -0.2) is 11.6 Å². The first-order chi connectivity index (χ1) is 8.34. The van der Waals surface area contributed by atoms with Gasteiger partial charge in [-0.1, -0.05) is 18.2 Å². The van der Waals surface area contributed by atoms with Gasteiger partial charge in [0.1, 0.15) is 12.4 Å². The molecule has 3 nitrogen and oxygen atoms in total. The van der Waals surface area contributed by atoms with Crippen molar-refractivity contribution in [2.75, 3.05) is 6.61 Å². The molecule has 2 heterocycles. The zero-order chi connectivity index (χ0) is 11.7. The molecule has 0 aliphatic carbocycles. The lowest BCUT2D eigenvalue weighted by Crippen LogP contribution is -2.21. The zero-order valence-corrected chi connectivity index (χ0v) is 10.5. The summed E-state index contributed by atoms with van der Waals surface area (Å²) in [5, 5.41) is 3.53. The first-order valence-corrected chi connectivity index (χ1v) is 6.56. The summed E-state index contributed by atoms with van der Waals surface area (Å²) in [5.41, 5.74) is 4.27. The van der Waals surface area contributed by atoms with Crippen molar-refractivity contribution in [2.45, 2.75) is 19.5 Å². The summed E-state index contributed by atoms with van der Waals surface area (Å²) in [5.74, 6) is 1.01. The van der Waals surface area contributed by atoms with E-state index in [1.54, 1.807) is 11.3 Å². The van der Waals surface area contributed by atoms with Crippen molar-refractivity contribution in [1.82, 2.24) is 10.3 Å². The minimum atomic E-state index is 0.299. The van der Waals surface area contributed by atoms with Crippen molar-refractivity contribution in [1.29, 1.82) is 0 Å². The van der Waals surface area contributed by atoms with Crippen LogP contribution in [0.3, 0.4) is 0 Å². The van der Waals surface area contributed by atoms with Crippen molar-refractivity contribution in [3.63, 3.8) is 0 Å². The van der Waals surface area contributed by atoms with E-state index in [0.29, 0.717) is 6.04 Å². The van der Waals surface area contributed by atoms with Gasteiger partial charge in [-0.05, 0) is 13.0 Å². The van der Waals surface area contributed by atoms with E-state index in [2.05, 4.69) is 22.4 Å². The van der Waals surface area contributed by atoms with Crippen LogP contribution >= 0.6 is 11.3 Å². The van der Waals surface area contributed by atoms with Gasteiger partial charge in [0.15, 0.2) is 0 Å². The van der Waals surface area contributed by atoms with Crippen molar-refractivity contribution in [3.8, 4) is 5.75 Å². The predicted molar refractivity (Wildman–Crippen MR) is 68.4 cm³/mol. The predicted octanol–water partition coefficient (Wildman–Crippen LogP) is 2.67. The highest BCUT2D eigenvalue weighted by Gasteiger charge is 2.23. The normalized spacial score (nSPS) is 17.8. The van der Waals surface area contributed by atoms with Crippen LogP contribution < -0.4 is 10.1 Å². The van der Waals surface area contributed by atoms with E-state index in [1.165, 1.54) is 10.4 Å². The van der Waals surface area contributed by atoms with Crippen molar-refractivity contribution >= 4 is 11.3 Å². The number of fused-ring (bicyclic) bond motifs is 1. The summed E-state index contributed by atoms with van der Waals surface area (Å²) in [6.45, 7) is 3.63. The fraction of sp³-hybridized carbons (Fsp3) is 0.308. The lowest BCUT2D eigenvalue weighted by molar-refractivity contribution is 0.311. The van der Waals surface area contributed by atoms with Crippen LogP contribution in [0, 0.1) is 6.92 Å². The number of hydrogen-bond donors (Lipinski definition) is 1. The molecule has 1 aliphatic heterocycles. The maximum absolute atomic E-state index is 5.64. The first-order valence-electron chi connectivity index (χ1n) is 5.68. The number of aromatic nitrogens is 1. The number of nitrogens with one attached hydrogen (secondary N) is 1. The lowest BCUT2D eigenvalue weighted by Gasteiger charge is -2.10. The number of benzene rings is 1. The molecule has 17 heavy (non-hydrogen) atoms. The van der Waals surface area contributed by atoms with Crippen LogP contribution in [0.15, 0.2) is 29.8 Å². The first kappa shape index (κ1) is 10.7. The summed E-state index contributed by atoms with van der Waals surface area (Å²) >= 11 is 1.70. The molecule has 2 aromatic rings. The van der Waals surface area contributed by atoms with E-state index in [0.717, 1.165) is 24.6 Å². The molecule has 1 aliphatic rings. The molecule has 1 aromatic carbocycles. The Labute approximate surface area is 104 Å².